The number of halogens is 3. The van der Waals surface area contributed by atoms with Crippen LogP contribution >= 0.6 is 23.2 Å². The summed E-state index contributed by atoms with van der Waals surface area (Å²) in [6.07, 6.45) is 0.394. The van der Waals surface area contributed by atoms with Crippen LogP contribution in [0.4, 0.5) is 4.39 Å². The van der Waals surface area contributed by atoms with Crippen molar-refractivity contribution in [3.05, 3.63) is 33.6 Å². The average molecular weight is 222 g/mol. The monoisotopic (exact) mass is 221 g/mol. The van der Waals surface area contributed by atoms with E-state index in [1.807, 2.05) is 0 Å². The van der Waals surface area contributed by atoms with Gasteiger partial charge in [0.25, 0.3) is 0 Å². The summed E-state index contributed by atoms with van der Waals surface area (Å²) >= 11 is 11.4. The zero-order valence-corrected chi connectivity index (χ0v) is 8.66. The SMILES string of the molecule is CC(N)Cc1c(Cl)ccc(Cl)c1F. The van der Waals surface area contributed by atoms with E-state index < -0.39 is 5.82 Å². The molecule has 0 saturated heterocycles. The Morgan fingerprint density at radius 1 is 1.38 bits per heavy atom. The van der Waals surface area contributed by atoms with Crippen LogP contribution in [-0.4, -0.2) is 6.04 Å². The number of hydrogen-bond acceptors (Lipinski definition) is 1. The first-order chi connectivity index (χ1) is 6.02. The third-order valence-corrected chi connectivity index (χ3v) is 2.31. The topological polar surface area (TPSA) is 26.0 Å². The molecule has 1 aromatic rings. The molecule has 4 heteroatoms. The second-order valence-corrected chi connectivity index (χ2v) is 3.82. The van der Waals surface area contributed by atoms with Gasteiger partial charge in [0, 0.05) is 16.6 Å². The highest BCUT2D eigenvalue weighted by atomic mass is 35.5. The molecule has 2 N–H and O–H groups in total. The van der Waals surface area contributed by atoms with Crippen LogP contribution < -0.4 is 5.73 Å². The quantitative estimate of drug-likeness (QED) is 0.764. The van der Waals surface area contributed by atoms with Crippen molar-refractivity contribution >= 4 is 23.2 Å². The Bertz CT molecular complexity index is 313. The van der Waals surface area contributed by atoms with Gasteiger partial charge in [-0.05, 0) is 25.5 Å². The van der Waals surface area contributed by atoms with E-state index in [4.69, 9.17) is 28.9 Å². The maximum atomic E-state index is 13.4. The molecule has 1 aromatic carbocycles. The fourth-order valence-corrected chi connectivity index (χ4v) is 1.48. The Balaban J connectivity index is 3.10. The lowest BCUT2D eigenvalue weighted by Crippen LogP contribution is -2.18. The number of benzene rings is 1. The predicted molar refractivity (Wildman–Crippen MR) is 53.8 cm³/mol. The lowest BCUT2D eigenvalue weighted by atomic mass is 10.1. The van der Waals surface area contributed by atoms with E-state index in [1.54, 1.807) is 13.0 Å². The Kier molecular flexibility index (Phi) is 3.54. The summed E-state index contributed by atoms with van der Waals surface area (Å²) in [6, 6.07) is 2.87. The Morgan fingerprint density at radius 2 is 1.92 bits per heavy atom. The molecule has 0 amide bonds. The maximum absolute atomic E-state index is 13.4. The van der Waals surface area contributed by atoms with Crippen LogP contribution in [0.1, 0.15) is 12.5 Å². The molecule has 13 heavy (non-hydrogen) atoms. The highest BCUT2D eigenvalue weighted by molar-refractivity contribution is 6.33. The molecule has 0 aromatic heterocycles. The smallest absolute Gasteiger partial charge is 0.146 e. The summed E-state index contributed by atoms with van der Waals surface area (Å²) in [5.41, 5.74) is 5.94. The van der Waals surface area contributed by atoms with Crippen LogP contribution in [0.5, 0.6) is 0 Å². The summed E-state index contributed by atoms with van der Waals surface area (Å²) in [6.45, 7) is 1.79. The van der Waals surface area contributed by atoms with E-state index in [9.17, 15) is 4.39 Å². The molecular formula is C9H10Cl2FN. The molecule has 1 atom stereocenters. The van der Waals surface area contributed by atoms with E-state index in [2.05, 4.69) is 0 Å². The second-order valence-electron chi connectivity index (χ2n) is 3.00. The van der Waals surface area contributed by atoms with Crippen molar-refractivity contribution in [2.75, 3.05) is 0 Å². The molecular weight excluding hydrogens is 212 g/mol. The maximum Gasteiger partial charge on any atom is 0.146 e. The number of nitrogens with two attached hydrogens (primary N) is 1. The molecule has 72 valence electrons. The van der Waals surface area contributed by atoms with Gasteiger partial charge in [-0.15, -0.1) is 0 Å². The fraction of sp³-hybridized carbons (Fsp3) is 0.333. The minimum atomic E-state index is -0.466. The van der Waals surface area contributed by atoms with Gasteiger partial charge in [-0.25, -0.2) is 4.39 Å². The average Bonchev–Trinajstić information content (AvgIpc) is 2.05. The van der Waals surface area contributed by atoms with Crippen molar-refractivity contribution in [3.63, 3.8) is 0 Å². The first kappa shape index (κ1) is 10.8. The van der Waals surface area contributed by atoms with Crippen LogP contribution in [-0.2, 0) is 6.42 Å². The Labute approximate surface area is 86.6 Å². The Hall–Kier alpha value is -0.310. The van der Waals surface area contributed by atoms with Gasteiger partial charge in [0.05, 0.1) is 5.02 Å². The van der Waals surface area contributed by atoms with Crippen LogP contribution in [0.2, 0.25) is 10.0 Å². The van der Waals surface area contributed by atoms with E-state index in [-0.39, 0.29) is 11.1 Å². The number of rotatable bonds is 2. The zero-order valence-electron chi connectivity index (χ0n) is 7.15. The van der Waals surface area contributed by atoms with Crippen molar-refractivity contribution in [2.24, 2.45) is 5.73 Å². The van der Waals surface area contributed by atoms with Gasteiger partial charge >= 0.3 is 0 Å². The molecule has 0 saturated carbocycles. The standard InChI is InChI=1S/C9H10Cl2FN/c1-5(13)4-6-7(10)2-3-8(11)9(6)12/h2-3,5H,4,13H2,1H3. The number of hydrogen-bond donors (Lipinski definition) is 1. The van der Waals surface area contributed by atoms with Gasteiger partial charge in [-0.1, -0.05) is 23.2 Å². The minimum absolute atomic E-state index is 0.0834. The molecule has 0 aliphatic carbocycles. The Morgan fingerprint density at radius 3 is 2.46 bits per heavy atom. The first-order valence-electron chi connectivity index (χ1n) is 3.90. The first-order valence-corrected chi connectivity index (χ1v) is 4.66. The molecule has 1 nitrogen and oxygen atoms in total. The molecule has 1 unspecified atom stereocenters. The predicted octanol–water partition coefficient (Wildman–Crippen LogP) is 3.02. The van der Waals surface area contributed by atoms with Crippen LogP contribution in [0.3, 0.4) is 0 Å². The third-order valence-electron chi connectivity index (χ3n) is 1.67. The molecule has 0 fully saturated rings. The fourth-order valence-electron chi connectivity index (χ4n) is 1.08. The molecule has 0 spiro atoms. The summed E-state index contributed by atoms with van der Waals surface area (Å²) in [4.78, 5) is 0. The lowest BCUT2D eigenvalue weighted by molar-refractivity contribution is 0.596. The normalized spacial score (nSPS) is 13.0. The summed E-state index contributed by atoms with van der Waals surface area (Å²) in [7, 11) is 0. The third kappa shape index (κ3) is 2.56. The van der Waals surface area contributed by atoms with Gasteiger partial charge in [0.2, 0.25) is 0 Å². The highest BCUT2D eigenvalue weighted by Crippen LogP contribution is 2.26. The van der Waals surface area contributed by atoms with Crippen LogP contribution in [0.25, 0.3) is 0 Å². The van der Waals surface area contributed by atoms with E-state index in [0.29, 0.717) is 17.0 Å². The van der Waals surface area contributed by atoms with Crippen molar-refractivity contribution in [1.82, 2.24) is 0 Å². The lowest BCUT2D eigenvalue weighted by Gasteiger charge is -2.09. The van der Waals surface area contributed by atoms with Crippen LogP contribution in [0, 0.1) is 5.82 Å². The van der Waals surface area contributed by atoms with Gasteiger partial charge < -0.3 is 5.73 Å². The van der Waals surface area contributed by atoms with Gasteiger partial charge in [-0.2, -0.15) is 0 Å². The molecule has 0 radical (unpaired) electrons. The highest BCUT2D eigenvalue weighted by Gasteiger charge is 2.12. The van der Waals surface area contributed by atoms with Gasteiger partial charge in [0.15, 0.2) is 0 Å². The van der Waals surface area contributed by atoms with Crippen molar-refractivity contribution in [3.8, 4) is 0 Å². The molecule has 1 rings (SSSR count). The van der Waals surface area contributed by atoms with Crippen molar-refractivity contribution in [2.45, 2.75) is 19.4 Å². The second kappa shape index (κ2) is 4.27. The molecule has 0 aliphatic rings. The summed E-state index contributed by atoms with van der Waals surface area (Å²) < 4.78 is 13.4. The largest absolute Gasteiger partial charge is 0.328 e. The molecule has 0 heterocycles. The van der Waals surface area contributed by atoms with Crippen molar-refractivity contribution in [1.29, 1.82) is 0 Å². The van der Waals surface area contributed by atoms with E-state index in [0.717, 1.165) is 0 Å². The van der Waals surface area contributed by atoms with E-state index in [1.165, 1.54) is 6.07 Å². The summed E-state index contributed by atoms with van der Waals surface area (Å²) in [5.74, 6) is -0.466. The van der Waals surface area contributed by atoms with E-state index >= 15 is 0 Å². The summed E-state index contributed by atoms with van der Waals surface area (Å²) in [5, 5.41) is 0.458. The van der Waals surface area contributed by atoms with Gasteiger partial charge in [-0.3, -0.25) is 0 Å². The van der Waals surface area contributed by atoms with Gasteiger partial charge in [0.1, 0.15) is 5.82 Å². The van der Waals surface area contributed by atoms with Crippen molar-refractivity contribution < 1.29 is 4.39 Å². The zero-order chi connectivity index (χ0) is 10.0. The minimum Gasteiger partial charge on any atom is -0.328 e. The molecule has 0 aliphatic heterocycles. The van der Waals surface area contributed by atoms with Crippen LogP contribution in [0.15, 0.2) is 12.1 Å². The molecule has 0 bridgehead atoms.